The minimum Gasteiger partial charge on any atom is -0.505 e. The Balaban J connectivity index is 1.92. The van der Waals surface area contributed by atoms with Crippen molar-refractivity contribution in [2.24, 2.45) is 0 Å². The Bertz CT molecular complexity index is 1050. The van der Waals surface area contributed by atoms with Crippen LogP contribution in [0.2, 0.25) is 0 Å². The van der Waals surface area contributed by atoms with Crippen molar-refractivity contribution >= 4 is 17.4 Å². The van der Waals surface area contributed by atoms with Crippen molar-refractivity contribution in [2.75, 3.05) is 19.4 Å². The van der Waals surface area contributed by atoms with Crippen LogP contribution in [0.3, 0.4) is 0 Å². The van der Waals surface area contributed by atoms with Crippen molar-refractivity contribution in [3.63, 3.8) is 0 Å². The maximum absolute atomic E-state index is 12.5. The molecule has 30 heavy (non-hydrogen) atoms. The van der Waals surface area contributed by atoms with Crippen molar-refractivity contribution in [1.82, 2.24) is 10.2 Å². The summed E-state index contributed by atoms with van der Waals surface area (Å²) in [6.45, 7) is 8.00. The van der Waals surface area contributed by atoms with Gasteiger partial charge in [-0.2, -0.15) is 0 Å². The molecule has 1 aliphatic carbocycles. The van der Waals surface area contributed by atoms with Crippen LogP contribution in [0, 0.1) is 6.92 Å². The monoisotopic (exact) mass is 405 g/mol. The first kappa shape index (κ1) is 21.2. The fourth-order valence-corrected chi connectivity index (χ4v) is 3.49. The van der Waals surface area contributed by atoms with Crippen LogP contribution in [0.4, 0.5) is 5.69 Å². The number of amides is 1. The Labute approximate surface area is 176 Å². The second kappa shape index (κ2) is 8.45. The quantitative estimate of drug-likeness (QED) is 0.481. The van der Waals surface area contributed by atoms with Gasteiger partial charge in [0.1, 0.15) is 5.70 Å². The Morgan fingerprint density at radius 3 is 2.47 bits per heavy atom. The predicted octanol–water partition coefficient (Wildman–Crippen LogP) is 3.91. The largest absolute Gasteiger partial charge is 0.505 e. The molecule has 3 rings (SSSR count). The molecule has 0 spiro atoms. The van der Waals surface area contributed by atoms with Crippen LogP contribution in [0.5, 0.6) is 5.75 Å². The number of phenolic OH excluding ortho intramolecular Hbond substituents is 1. The summed E-state index contributed by atoms with van der Waals surface area (Å²) in [7, 11) is 3.23. The number of aromatic hydroxyl groups is 1. The zero-order chi connectivity index (χ0) is 22.0. The molecule has 3 N–H and O–H groups in total. The predicted molar refractivity (Wildman–Crippen MR) is 118 cm³/mol. The van der Waals surface area contributed by atoms with E-state index in [1.807, 2.05) is 12.1 Å². The molecule has 0 heterocycles. The van der Waals surface area contributed by atoms with E-state index >= 15 is 0 Å². The summed E-state index contributed by atoms with van der Waals surface area (Å²) < 4.78 is 0. The van der Waals surface area contributed by atoms with Gasteiger partial charge in [0.25, 0.3) is 5.91 Å². The van der Waals surface area contributed by atoms with E-state index in [0.29, 0.717) is 22.7 Å². The van der Waals surface area contributed by atoms with Crippen LogP contribution < -0.4 is 10.6 Å². The number of aryl methyl sites for hydroxylation is 1. The number of carbonyl (C=O) groups is 2. The summed E-state index contributed by atoms with van der Waals surface area (Å²) >= 11 is 0. The third kappa shape index (κ3) is 3.81. The van der Waals surface area contributed by atoms with Gasteiger partial charge in [-0.05, 0) is 36.6 Å². The van der Waals surface area contributed by atoms with Gasteiger partial charge in [0.2, 0.25) is 5.78 Å². The van der Waals surface area contributed by atoms with Gasteiger partial charge in [0.05, 0.1) is 23.0 Å². The molecule has 2 aromatic rings. The molecule has 0 radical (unpaired) electrons. The standard InChI is InChI=1S/C24H27N3O3/c1-6-18(16-11-8-7-10-14(16)2)25-20-15(3)22(28)21(20)26-19-13-9-12-17(23(19)29)24(30)27(4)5/h7-13,18,25-26,29H,3,6H2,1-2,4-5H3. The average Bonchev–Trinajstić information content (AvgIpc) is 2.74. The van der Waals surface area contributed by atoms with Crippen LogP contribution in [-0.4, -0.2) is 35.8 Å². The van der Waals surface area contributed by atoms with E-state index in [1.165, 1.54) is 4.90 Å². The SMILES string of the molecule is C=C1C(=O)C(Nc2cccc(C(=O)N(C)C)c2O)=C1NC(CC)c1ccccc1C. The number of para-hydroxylation sites is 1. The second-order valence-electron chi connectivity index (χ2n) is 7.55. The van der Waals surface area contributed by atoms with Crippen molar-refractivity contribution in [2.45, 2.75) is 26.3 Å². The van der Waals surface area contributed by atoms with E-state index in [0.717, 1.165) is 17.5 Å². The van der Waals surface area contributed by atoms with E-state index < -0.39 is 0 Å². The minimum absolute atomic E-state index is 0.0121. The molecule has 0 saturated carbocycles. The number of ketones is 1. The Hall–Kier alpha value is -3.54. The second-order valence-corrected chi connectivity index (χ2v) is 7.55. The molecule has 1 amide bonds. The van der Waals surface area contributed by atoms with Crippen LogP contribution in [-0.2, 0) is 4.79 Å². The van der Waals surface area contributed by atoms with Crippen LogP contribution in [0.15, 0.2) is 66.0 Å². The van der Waals surface area contributed by atoms with Gasteiger partial charge < -0.3 is 20.6 Å². The first-order valence-corrected chi connectivity index (χ1v) is 9.87. The highest BCUT2D eigenvalue weighted by molar-refractivity contribution is 6.21. The molecule has 156 valence electrons. The molecule has 1 aliphatic rings. The van der Waals surface area contributed by atoms with Gasteiger partial charge in [-0.1, -0.05) is 43.8 Å². The summed E-state index contributed by atoms with van der Waals surface area (Å²) in [5.41, 5.74) is 4.12. The summed E-state index contributed by atoms with van der Waals surface area (Å²) in [5, 5.41) is 17.0. The molecule has 2 aromatic carbocycles. The smallest absolute Gasteiger partial charge is 0.257 e. The molecule has 6 heteroatoms. The summed E-state index contributed by atoms with van der Waals surface area (Å²) in [5.74, 6) is -0.737. The van der Waals surface area contributed by atoms with Gasteiger partial charge in [-0.3, -0.25) is 9.59 Å². The Kier molecular flexibility index (Phi) is 5.96. The minimum atomic E-state index is -0.321. The van der Waals surface area contributed by atoms with Crippen molar-refractivity contribution < 1.29 is 14.7 Å². The van der Waals surface area contributed by atoms with Gasteiger partial charge in [0.15, 0.2) is 5.75 Å². The Morgan fingerprint density at radius 2 is 1.83 bits per heavy atom. The fourth-order valence-electron chi connectivity index (χ4n) is 3.49. The van der Waals surface area contributed by atoms with E-state index in [1.54, 1.807) is 32.3 Å². The number of allylic oxidation sites excluding steroid dienone is 2. The molecule has 0 saturated heterocycles. The van der Waals surface area contributed by atoms with E-state index in [4.69, 9.17) is 0 Å². The number of hydrogen-bond donors (Lipinski definition) is 3. The topological polar surface area (TPSA) is 81.7 Å². The molecular formula is C24H27N3O3. The van der Waals surface area contributed by atoms with Gasteiger partial charge >= 0.3 is 0 Å². The van der Waals surface area contributed by atoms with Crippen molar-refractivity contribution in [3.05, 3.63) is 82.7 Å². The van der Waals surface area contributed by atoms with E-state index in [2.05, 4.69) is 43.2 Å². The molecule has 1 unspecified atom stereocenters. The highest BCUT2D eigenvalue weighted by atomic mass is 16.3. The summed E-state index contributed by atoms with van der Waals surface area (Å²) in [4.78, 5) is 26.1. The number of benzene rings is 2. The lowest BCUT2D eigenvalue weighted by molar-refractivity contribution is -0.113. The number of Topliss-reactive ketones (excluding diaryl/α,β-unsaturated/α-hetero) is 1. The number of anilines is 1. The average molecular weight is 405 g/mol. The number of rotatable bonds is 7. The highest BCUT2D eigenvalue weighted by Crippen LogP contribution is 2.35. The molecular weight excluding hydrogens is 378 g/mol. The van der Waals surface area contributed by atoms with Gasteiger partial charge in [-0.25, -0.2) is 0 Å². The normalized spacial score (nSPS) is 14.3. The Morgan fingerprint density at radius 1 is 1.13 bits per heavy atom. The van der Waals surface area contributed by atoms with Crippen molar-refractivity contribution in [3.8, 4) is 5.75 Å². The lowest BCUT2D eigenvalue weighted by Gasteiger charge is -2.31. The third-order valence-electron chi connectivity index (χ3n) is 5.28. The first-order chi connectivity index (χ1) is 14.3. The summed E-state index contributed by atoms with van der Waals surface area (Å²) in [6.07, 6.45) is 0.821. The van der Waals surface area contributed by atoms with Crippen molar-refractivity contribution in [1.29, 1.82) is 0 Å². The maximum Gasteiger partial charge on any atom is 0.257 e. The summed E-state index contributed by atoms with van der Waals surface area (Å²) in [6, 6.07) is 12.9. The van der Waals surface area contributed by atoms with Gasteiger partial charge in [0, 0.05) is 19.7 Å². The van der Waals surface area contributed by atoms with E-state index in [-0.39, 0.29) is 29.0 Å². The van der Waals surface area contributed by atoms with E-state index in [9.17, 15) is 14.7 Å². The number of hydrogen-bond acceptors (Lipinski definition) is 5. The lowest BCUT2D eigenvalue weighted by atomic mass is 9.90. The number of nitrogens with one attached hydrogen (secondary N) is 2. The molecule has 0 aromatic heterocycles. The molecule has 0 aliphatic heterocycles. The maximum atomic E-state index is 12.5. The lowest BCUT2D eigenvalue weighted by Crippen LogP contribution is -2.36. The molecule has 0 bridgehead atoms. The molecule has 0 fully saturated rings. The van der Waals surface area contributed by atoms with Crippen LogP contribution in [0.1, 0.15) is 40.9 Å². The number of carbonyl (C=O) groups excluding carboxylic acids is 2. The highest BCUT2D eigenvalue weighted by Gasteiger charge is 2.34. The number of phenols is 1. The molecule has 1 atom stereocenters. The first-order valence-electron chi connectivity index (χ1n) is 9.87. The number of nitrogens with zero attached hydrogens (tertiary/aromatic N) is 1. The third-order valence-corrected chi connectivity index (χ3v) is 5.28. The van der Waals surface area contributed by atoms with Crippen LogP contribution >= 0.6 is 0 Å². The fraction of sp³-hybridized carbons (Fsp3) is 0.250. The zero-order valence-corrected chi connectivity index (χ0v) is 17.7. The zero-order valence-electron chi connectivity index (χ0n) is 17.7. The van der Waals surface area contributed by atoms with Crippen LogP contribution in [0.25, 0.3) is 0 Å². The van der Waals surface area contributed by atoms with Gasteiger partial charge in [-0.15, -0.1) is 0 Å². The molecule has 6 nitrogen and oxygen atoms in total.